The van der Waals surface area contributed by atoms with Gasteiger partial charge in [-0.3, -0.25) is 4.98 Å². The second-order valence-electron chi connectivity index (χ2n) is 8.03. The standard InChI is InChI=1S/C20H19F6NO5S2/c1-18(34(30,31)14-4-2-3-13(8-14)19(21,22)23)5-6-32-16(9-18)17-15(20(24,25)26)7-12(10-27-17)11-33(28)29/h2-4,7-8,10,16H,5-6,9,11H2,1H3,(H,28,29). The monoisotopic (exact) mass is 531 g/mol. The van der Waals surface area contributed by atoms with E-state index in [2.05, 4.69) is 4.98 Å². The summed E-state index contributed by atoms with van der Waals surface area (Å²) < 4.78 is 131. The van der Waals surface area contributed by atoms with E-state index in [1.165, 1.54) is 6.92 Å². The van der Waals surface area contributed by atoms with Crippen LogP contribution in [0.25, 0.3) is 0 Å². The molecule has 1 saturated heterocycles. The number of benzene rings is 1. The molecule has 0 spiro atoms. The van der Waals surface area contributed by atoms with Crippen molar-refractivity contribution in [2.24, 2.45) is 0 Å². The number of aromatic nitrogens is 1. The lowest BCUT2D eigenvalue weighted by Crippen LogP contribution is -2.42. The summed E-state index contributed by atoms with van der Waals surface area (Å²) in [5, 5.41) is 0. The molecule has 34 heavy (non-hydrogen) atoms. The third-order valence-corrected chi connectivity index (χ3v) is 8.69. The van der Waals surface area contributed by atoms with Crippen molar-refractivity contribution < 1.29 is 48.3 Å². The first-order valence-electron chi connectivity index (χ1n) is 9.71. The lowest BCUT2D eigenvalue weighted by atomic mass is 9.92. The molecule has 1 aromatic heterocycles. The number of pyridine rings is 1. The fourth-order valence-corrected chi connectivity index (χ4v) is 6.01. The Hall–Kier alpha value is -2.03. The molecule has 1 N–H and O–H groups in total. The second kappa shape index (κ2) is 9.21. The van der Waals surface area contributed by atoms with Gasteiger partial charge in [-0.05, 0) is 49.6 Å². The number of nitrogens with zero attached hydrogens (tertiary/aromatic N) is 1. The molecule has 3 unspecified atom stereocenters. The van der Waals surface area contributed by atoms with Gasteiger partial charge in [-0.1, -0.05) is 6.07 Å². The average Bonchev–Trinajstić information content (AvgIpc) is 2.72. The molecule has 3 rings (SSSR count). The molecule has 2 aromatic rings. The van der Waals surface area contributed by atoms with Crippen LogP contribution in [0.15, 0.2) is 41.4 Å². The van der Waals surface area contributed by atoms with Gasteiger partial charge in [-0.15, -0.1) is 0 Å². The molecule has 1 aliphatic heterocycles. The summed E-state index contributed by atoms with van der Waals surface area (Å²) in [7, 11) is -4.42. The first-order valence-corrected chi connectivity index (χ1v) is 12.5. The van der Waals surface area contributed by atoms with Crippen molar-refractivity contribution in [1.29, 1.82) is 0 Å². The Morgan fingerprint density at radius 1 is 1.18 bits per heavy atom. The summed E-state index contributed by atoms with van der Waals surface area (Å²) in [6.45, 7) is 0.968. The predicted octanol–water partition coefficient (Wildman–Crippen LogP) is 4.93. The molecule has 0 amide bonds. The average molecular weight is 531 g/mol. The van der Waals surface area contributed by atoms with Gasteiger partial charge in [-0.25, -0.2) is 12.6 Å². The van der Waals surface area contributed by atoms with Gasteiger partial charge >= 0.3 is 12.4 Å². The summed E-state index contributed by atoms with van der Waals surface area (Å²) in [6.07, 6.45) is -10.8. The summed E-state index contributed by atoms with van der Waals surface area (Å²) in [5.74, 6) is -0.594. The lowest BCUT2D eigenvalue weighted by Gasteiger charge is -2.38. The van der Waals surface area contributed by atoms with Gasteiger partial charge in [0.2, 0.25) is 0 Å². The Morgan fingerprint density at radius 3 is 2.44 bits per heavy atom. The molecular weight excluding hydrogens is 512 g/mol. The Bertz CT molecular complexity index is 1200. The fourth-order valence-electron chi connectivity index (χ4n) is 3.74. The zero-order valence-electron chi connectivity index (χ0n) is 17.5. The van der Waals surface area contributed by atoms with Gasteiger partial charge in [0.1, 0.15) is 6.10 Å². The Kier molecular flexibility index (Phi) is 7.19. The van der Waals surface area contributed by atoms with Gasteiger partial charge < -0.3 is 9.29 Å². The molecule has 0 radical (unpaired) electrons. The Morgan fingerprint density at radius 2 is 1.85 bits per heavy atom. The maximum absolute atomic E-state index is 13.7. The largest absolute Gasteiger partial charge is 0.418 e. The quantitative estimate of drug-likeness (QED) is 0.435. The van der Waals surface area contributed by atoms with Crippen molar-refractivity contribution in [3.8, 4) is 0 Å². The molecule has 1 aliphatic rings. The third-order valence-electron chi connectivity index (χ3n) is 5.56. The molecule has 1 aromatic carbocycles. The zero-order valence-corrected chi connectivity index (χ0v) is 19.1. The van der Waals surface area contributed by atoms with Crippen LogP contribution in [0.2, 0.25) is 0 Å². The van der Waals surface area contributed by atoms with Gasteiger partial charge in [0.25, 0.3) is 0 Å². The molecule has 188 valence electrons. The van der Waals surface area contributed by atoms with E-state index in [1.54, 1.807) is 0 Å². The lowest BCUT2D eigenvalue weighted by molar-refractivity contribution is -0.140. The van der Waals surface area contributed by atoms with Crippen molar-refractivity contribution in [3.63, 3.8) is 0 Å². The maximum atomic E-state index is 13.7. The minimum Gasteiger partial charge on any atom is -0.372 e. The van der Waals surface area contributed by atoms with E-state index >= 15 is 0 Å². The van der Waals surface area contributed by atoms with Gasteiger partial charge in [-0.2, -0.15) is 26.3 Å². The van der Waals surface area contributed by atoms with Crippen molar-refractivity contribution >= 4 is 20.9 Å². The first kappa shape index (κ1) is 26.6. The van der Waals surface area contributed by atoms with Crippen LogP contribution in [0.5, 0.6) is 0 Å². The third kappa shape index (κ3) is 5.44. The molecule has 6 nitrogen and oxygen atoms in total. The molecule has 2 heterocycles. The van der Waals surface area contributed by atoms with Crippen LogP contribution in [0.3, 0.4) is 0 Å². The highest BCUT2D eigenvalue weighted by atomic mass is 32.2. The molecule has 1 fully saturated rings. The van der Waals surface area contributed by atoms with E-state index in [4.69, 9.17) is 9.29 Å². The number of halogens is 6. The molecule has 3 atom stereocenters. The van der Waals surface area contributed by atoms with E-state index in [1.807, 2.05) is 0 Å². The van der Waals surface area contributed by atoms with Gasteiger partial charge in [0.15, 0.2) is 20.9 Å². The Balaban J connectivity index is 2.01. The van der Waals surface area contributed by atoms with Crippen molar-refractivity contribution in [2.75, 3.05) is 6.61 Å². The minimum atomic E-state index is -4.92. The molecule has 14 heteroatoms. The van der Waals surface area contributed by atoms with Crippen molar-refractivity contribution in [2.45, 2.75) is 53.6 Å². The molecular formula is C20H19F6NO5S2. The Labute approximate surface area is 193 Å². The predicted molar refractivity (Wildman–Crippen MR) is 109 cm³/mol. The van der Waals surface area contributed by atoms with Crippen LogP contribution in [-0.4, -0.2) is 33.5 Å². The highest BCUT2D eigenvalue weighted by molar-refractivity contribution is 7.92. The number of sulfone groups is 1. The normalized spacial score (nSPS) is 23.0. The maximum Gasteiger partial charge on any atom is 0.418 e. The molecule has 0 aliphatic carbocycles. The smallest absolute Gasteiger partial charge is 0.372 e. The number of rotatable bonds is 5. The van der Waals surface area contributed by atoms with Crippen LogP contribution >= 0.6 is 0 Å². The highest BCUT2D eigenvalue weighted by Gasteiger charge is 2.48. The van der Waals surface area contributed by atoms with Crippen LogP contribution < -0.4 is 0 Å². The van der Waals surface area contributed by atoms with E-state index in [0.29, 0.717) is 18.2 Å². The fraction of sp³-hybridized carbons (Fsp3) is 0.450. The summed E-state index contributed by atoms with van der Waals surface area (Å²) in [5.41, 5.74) is -3.18. The van der Waals surface area contributed by atoms with Gasteiger partial charge in [0.05, 0.1) is 32.2 Å². The minimum absolute atomic E-state index is 0.160. The van der Waals surface area contributed by atoms with E-state index in [-0.39, 0.29) is 18.6 Å². The van der Waals surface area contributed by atoms with Gasteiger partial charge in [0, 0.05) is 12.8 Å². The highest BCUT2D eigenvalue weighted by Crippen LogP contribution is 2.45. The van der Waals surface area contributed by atoms with Crippen molar-refractivity contribution in [1.82, 2.24) is 4.98 Å². The topological polar surface area (TPSA) is 93.6 Å². The molecule has 0 bridgehead atoms. The second-order valence-corrected chi connectivity index (χ2v) is 11.4. The summed E-state index contributed by atoms with van der Waals surface area (Å²) >= 11 is -2.41. The number of ether oxygens (including phenoxy) is 1. The van der Waals surface area contributed by atoms with E-state index in [0.717, 1.165) is 18.3 Å². The van der Waals surface area contributed by atoms with Crippen molar-refractivity contribution in [3.05, 3.63) is 58.9 Å². The van der Waals surface area contributed by atoms with Crippen LogP contribution in [0.1, 0.15) is 48.3 Å². The molecule has 0 saturated carbocycles. The number of alkyl halides is 6. The first-order chi connectivity index (χ1) is 15.5. The van der Waals surface area contributed by atoms with Crippen LogP contribution in [0.4, 0.5) is 26.3 Å². The van der Waals surface area contributed by atoms with E-state index < -0.39 is 78.0 Å². The summed E-state index contributed by atoms with van der Waals surface area (Å²) in [4.78, 5) is 3.15. The SMILES string of the molecule is CC1(S(=O)(=O)c2cccc(C(F)(F)F)c2)CCOC(c2ncc(CS(=O)O)cc2C(F)(F)F)C1. The zero-order chi connectivity index (χ0) is 25.5. The summed E-state index contributed by atoms with van der Waals surface area (Å²) in [6, 6.07) is 3.81. The number of hydrogen-bond acceptors (Lipinski definition) is 5. The van der Waals surface area contributed by atoms with Crippen LogP contribution in [0, 0.1) is 0 Å². The van der Waals surface area contributed by atoms with E-state index in [9.17, 15) is 39.0 Å². The van der Waals surface area contributed by atoms with Crippen LogP contribution in [-0.2, 0) is 43.8 Å². The number of hydrogen-bond donors (Lipinski definition) is 1.